The Labute approximate surface area is 157 Å². The number of likely N-dealkylation sites (N-methyl/N-ethyl adjacent to an activating group) is 1. The zero-order chi connectivity index (χ0) is 18.7. The number of hydrogen-bond acceptors (Lipinski definition) is 3. The van der Waals surface area contributed by atoms with Crippen LogP contribution in [0.15, 0.2) is 71.6 Å². The van der Waals surface area contributed by atoms with Crippen LogP contribution < -0.4 is 5.32 Å². The molecule has 1 N–H and O–H groups in total. The minimum atomic E-state index is -3.77. The average Bonchev–Trinajstić information content (AvgIpc) is 2.62. The van der Waals surface area contributed by atoms with Crippen molar-refractivity contribution < 1.29 is 13.2 Å². The second kappa shape index (κ2) is 7.45. The molecule has 0 aliphatic carbocycles. The number of amides is 1. The van der Waals surface area contributed by atoms with Crippen LogP contribution in [0.2, 0.25) is 5.02 Å². The number of rotatable bonds is 5. The molecule has 0 saturated carbocycles. The third-order valence-electron chi connectivity index (χ3n) is 3.95. The highest BCUT2D eigenvalue weighted by Gasteiger charge is 2.23. The topological polar surface area (TPSA) is 66.5 Å². The summed E-state index contributed by atoms with van der Waals surface area (Å²) < 4.78 is 26.1. The lowest BCUT2D eigenvalue weighted by atomic mass is 10.1. The van der Waals surface area contributed by atoms with Gasteiger partial charge in [0.05, 0.1) is 11.4 Å². The van der Waals surface area contributed by atoms with Gasteiger partial charge < -0.3 is 5.32 Å². The standard InChI is InChI=1S/C19H17ClN2O3S/c1-22(26(24,25)16-11-9-15(20)10-12-16)13-19(23)21-18-8-4-6-14-5-2-3-7-17(14)18/h2-12H,13H2,1H3,(H,21,23). The lowest BCUT2D eigenvalue weighted by molar-refractivity contribution is -0.116. The van der Waals surface area contributed by atoms with E-state index < -0.39 is 15.9 Å². The van der Waals surface area contributed by atoms with Gasteiger partial charge in [0.1, 0.15) is 0 Å². The van der Waals surface area contributed by atoms with Crippen LogP contribution in [0.25, 0.3) is 10.8 Å². The number of hydrogen-bond donors (Lipinski definition) is 1. The predicted octanol–water partition coefficient (Wildman–Crippen LogP) is 3.75. The highest BCUT2D eigenvalue weighted by molar-refractivity contribution is 7.89. The van der Waals surface area contributed by atoms with Crippen LogP contribution in [0.4, 0.5) is 5.69 Å². The first kappa shape index (κ1) is 18.4. The number of sulfonamides is 1. The summed E-state index contributed by atoms with van der Waals surface area (Å²) in [5.41, 5.74) is 0.644. The molecule has 0 aromatic heterocycles. The number of carbonyl (C=O) groups excluding carboxylic acids is 1. The molecule has 0 spiro atoms. The summed E-state index contributed by atoms with van der Waals surface area (Å²) in [5.74, 6) is -0.415. The van der Waals surface area contributed by atoms with Gasteiger partial charge in [0.2, 0.25) is 15.9 Å². The second-order valence-corrected chi connectivity index (χ2v) is 8.27. The van der Waals surface area contributed by atoms with Crippen LogP contribution in [0.5, 0.6) is 0 Å². The molecule has 0 radical (unpaired) electrons. The van der Waals surface area contributed by atoms with E-state index in [4.69, 9.17) is 11.6 Å². The summed E-state index contributed by atoms with van der Waals surface area (Å²) in [6.07, 6.45) is 0. The normalized spacial score (nSPS) is 11.7. The molecule has 0 fully saturated rings. The second-order valence-electron chi connectivity index (χ2n) is 5.79. The van der Waals surface area contributed by atoms with Crippen LogP contribution in [0, 0.1) is 0 Å². The average molecular weight is 389 g/mol. The van der Waals surface area contributed by atoms with Gasteiger partial charge in [-0.25, -0.2) is 8.42 Å². The largest absolute Gasteiger partial charge is 0.324 e. The van der Waals surface area contributed by atoms with E-state index in [1.807, 2.05) is 36.4 Å². The summed E-state index contributed by atoms with van der Waals surface area (Å²) in [6.45, 7) is -0.297. The number of nitrogens with one attached hydrogen (secondary N) is 1. The molecule has 26 heavy (non-hydrogen) atoms. The van der Waals surface area contributed by atoms with Crippen LogP contribution in [-0.4, -0.2) is 32.2 Å². The Morgan fingerprint density at radius 1 is 1.00 bits per heavy atom. The Morgan fingerprint density at radius 3 is 2.38 bits per heavy atom. The summed E-state index contributed by atoms with van der Waals surface area (Å²) in [4.78, 5) is 12.4. The van der Waals surface area contributed by atoms with Crippen molar-refractivity contribution in [2.24, 2.45) is 0 Å². The summed E-state index contributed by atoms with van der Waals surface area (Å²) in [5, 5.41) is 5.12. The monoisotopic (exact) mass is 388 g/mol. The summed E-state index contributed by atoms with van der Waals surface area (Å²) >= 11 is 5.79. The Kier molecular flexibility index (Phi) is 5.27. The van der Waals surface area contributed by atoms with E-state index in [1.54, 1.807) is 6.07 Å². The van der Waals surface area contributed by atoms with Crippen LogP contribution in [0.1, 0.15) is 0 Å². The number of carbonyl (C=O) groups is 1. The van der Waals surface area contributed by atoms with Gasteiger partial charge in [-0.15, -0.1) is 0 Å². The highest BCUT2D eigenvalue weighted by Crippen LogP contribution is 2.23. The van der Waals surface area contributed by atoms with Gasteiger partial charge in [-0.1, -0.05) is 48.0 Å². The Balaban J connectivity index is 1.76. The molecule has 0 saturated heterocycles. The number of halogens is 1. The number of anilines is 1. The quantitative estimate of drug-likeness (QED) is 0.723. The van der Waals surface area contributed by atoms with E-state index in [9.17, 15) is 13.2 Å². The maximum atomic E-state index is 12.5. The third kappa shape index (κ3) is 3.88. The Bertz CT molecular complexity index is 1040. The lowest BCUT2D eigenvalue weighted by Gasteiger charge is -2.17. The van der Waals surface area contributed by atoms with Crippen LogP contribution in [-0.2, 0) is 14.8 Å². The number of nitrogens with zero attached hydrogens (tertiary/aromatic N) is 1. The maximum absolute atomic E-state index is 12.5. The highest BCUT2D eigenvalue weighted by atomic mass is 35.5. The molecular formula is C19H17ClN2O3S. The Morgan fingerprint density at radius 2 is 1.65 bits per heavy atom. The SMILES string of the molecule is CN(CC(=O)Nc1cccc2ccccc12)S(=O)(=O)c1ccc(Cl)cc1. The minimum absolute atomic E-state index is 0.0855. The first-order chi connectivity index (χ1) is 12.4. The molecule has 3 rings (SSSR count). The van der Waals surface area contributed by atoms with E-state index in [0.717, 1.165) is 15.1 Å². The van der Waals surface area contributed by atoms with Crippen molar-refractivity contribution in [3.05, 3.63) is 71.8 Å². The van der Waals surface area contributed by atoms with Gasteiger partial charge in [0.25, 0.3) is 0 Å². The van der Waals surface area contributed by atoms with Gasteiger partial charge in [0, 0.05) is 23.1 Å². The Hall–Kier alpha value is -2.41. The van der Waals surface area contributed by atoms with Gasteiger partial charge >= 0.3 is 0 Å². The van der Waals surface area contributed by atoms with Gasteiger partial charge in [-0.05, 0) is 35.7 Å². The molecule has 5 nitrogen and oxygen atoms in total. The van der Waals surface area contributed by atoms with E-state index >= 15 is 0 Å². The fourth-order valence-electron chi connectivity index (χ4n) is 2.60. The number of fused-ring (bicyclic) bond motifs is 1. The minimum Gasteiger partial charge on any atom is -0.324 e. The van der Waals surface area contributed by atoms with Gasteiger partial charge in [-0.2, -0.15) is 4.31 Å². The molecule has 134 valence electrons. The lowest BCUT2D eigenvalue weighted by Crippen LogP contribution is -2.35. The molecule has 0 heterocycles. The molecule has 0 unspecified atom stereocenters. The molecule has 0 atom stereocenters. The number of benzene rings is 3. The van der Waals surface area contributed by atoms with Crippen molar-refractivity contribution in [3.8, 4) is 0 Å². The van der Waals surface area contributed by atoms with Gasteiger partial charge in [-0.3, -0.25) is 4.79 Å². The maximum Gasteiger partial charge on any atom is 0.243 e. The van der Waals surface area contributed by atoms with Crippen LogP contribution >= 0.6 is 11.6 Å². The molecule has 0 aliphatic rings. The van der Waals surface area contributed by atoms with Gasteiger partial charge in [0.15, 0.2) is 0 Å². The summed E-state index contributed by atoms with van der Waals surface area (Å²) in [6, 6.07) is 19.0. The summed E-state index contributed by atoms with van der Waals surface area (Å²) in [7, 11) is -2.40. The fourth-order valence-corrected chi connectivity index (χ4v) is 3.85. The van der Waals surface area contributed by atoms with Crippen molar-refractivity contribution in [2.45, 2.75) is 4.90 Å². The predicted molar refractivity (Wildman–Crippen MR) is 104 cm³/mol. The smallest absolute Gasteiger partial charge is 0.243 e. The first-order valence-electron chi connectivity index (χ1n) is 7.87. The molecular weight excluding hydrogens is 372 g/mol. The molecule has 3 aromatic rings. The van der Waals surface area contributed by atoms with Crippen molar-refractivity contribution in [2.75, 3.05) is 18.9 Å². The molecule has 0 aliphatic heterocycles. The molecule has 1 amide bonds. The fraction of sp³-hybridized carbons (Fsp3) is 0.105. The molecule has 7 heteroatoms. The van der Waals surface area contributed by atoms with Crippen molar-refractivity contribution in [3.63, 3.8) is 0 Å². The third-order valence-corrected chi connectivity index (χ3v) is 6.02. The van der Waals surface area contributed by atoms with Crippen LogP contribution in [0.3, 0.4) is 0 Å². The molecule has 3 aromatic carbocycles. The van der Waals surface area contributed by atoms with Crippen molar-refractivity contribution >= 4 is 44.0 Å². The van der Waals surface area contributed by atoms with E-state index in [-0.39, 0.29) is 11.4 Å². The van der Waals surface area contributed by atoms with Crippen molar-refractivity contribution in [1.29, 1.82) is 0 Å². The van der Waals surface area contributed by atoms with Crippen molar-refractivity contribution in [1.82, 2.24) is 4.31 Å². The van der Waals surface area contributed by atoms with E-state index in [0.29, 0.717) is 10.7 Å². The zero-order valence-corrected chi connectivity index (χ0v) is 15.6. The zero-order valence-electron chi connectivity index (χ0n) is 14.0. The van der Waals surface area contributed by atoms with E-state index in [1.165, 1.54) is 31.3 Å². The van der Waals surface area contributed by atoms with E-state index in [2.05, 4.69) is 5.32 Å². The first-order valence-corrected chi connectivity index (χ1v) is 9.69. The molecule has 0 bridgehead atoms.